The van der Waals surface area contributed by atoms with Gasteiger partial charge in [0.2, 0.25) is 0 Å². The van der Waals surface area contributed by atoms with Crippen molar-refractivity contribution in [3.8, 4) is 0 Å². The second-order valence-electron chi connectivity index (χ2n) is 6.61. The van der Waals surface area contributed by atoms with E-state index in [1.165, 1.54) is 10.7 Å². The Morgan fingerprint density at radius 1 is 0.929 bits per heavy atom. The third-order valence-corrected chi connectivity index (χ3v) is 4.67. The lowest BCUT2D eigenvalue weighted by atomic mass is 10.0. The number of hydrazine groups is 2. The average molecular weight is 373 g/mol. The Kier molecular flexibility index (Phi) is 4.68. The zero-order valence-electron chi connectivity index (χ0n) is 15.1. The summed E-state index contributed by atoms with van der Waals surface area (Å²) >= 11 is 0. The Bertz CT molecular complexity index is 1030. The molecule has 0 aliphatic carbocycles. The molecule has 0 fully saturated rings. The molecule has 1 amide bonds. The molecule has 3 N–H and O–H groups in total. The molecule has 6 nitrogen and oxygen atoms in total. The standard InChI is InChI=1S/C22H19N3O3/c26-21-17-7-4-8-18(14-17)25(24-21)23-20-13-16(11-12-19(20)22(27)28)10-9-15-5-2-1-3-6-15/h1-8,11-14,23H,9-10H2,(H,24,26)(H,27,28). The van der Waals surface area contributed by atoms with Crippen LogP contribution in [-0.2, 0) is 12.8 Å². The van der Waals surface area contributed by atoms with Gasteiger partial charge >= 0.3 is 5.97 Å². The number of amides is 1. The number of rotatable bonds is 6. The molecule has 1 heterocycles. The van der Waals surface area contributed by atoms with Crippen molar-refractivity contribution in [1.82, 2.24) is 5.43 Å². The van der Waals surface area contributed by atoms with Crippen LogP contribution in [0.15, 0.2) is 72.8 Å². The van der Waals surface area contributed by atoms with E-state index in [-0.39, 0.29) is 11.5 Å². The summed E-state index contributed by atoms with van der Waals surface area (Å²) in [6.07, 6.45) is 1.63. The van der Waals surface area contributed by atoms with Gasteiger partial charge in [-0.1, -0.05) is 42.5 Å². The highest BCUT2D eigenvalue weighted by Crippen LogP contribution is 2.24. The SMILES string of the molecule is O=C1NN(Nc2cc(CCc3ccccc3)ccc2C(=O)O)c2cccc1c2. The summed E-state index contributed by atoms with van der Waals surface area (Å²) in [7, 11) is 0. The van der Waals surface area contributed by atoms with E-state index in [1.807, 2.05) is 36.4 Å². The molecule has 0 saturated carbocycles. The second kappa shape index (κ2) is 7.44. The molecule has 28 heavy (non-hydrogen) atoms. The maximum absolute atomic E-state index is 12.1. The number of anilines is 2. The van der Waals surface area contributed by atoms with E-state index in [0.29, 0.717) is 11.3 Å². The molecule has 0 radical (unpaired) electrons. The van der Waals surface area contributed by atoms with E-state index in [2.05, 4.69) is 23.0 Å². The minimum absolute atomic E-state index is 0.138. The molecule has 4 rings (SSSR count). The molecule has 6 heteroatoms. The van der Waals surface area contributed by atoms with Gasteiger partial charge in [0.05, 0.1) is 16.9 Å². The van der Waals surface area contributed by atoms with Crippen molar-refractivity contribution >= 4 is 23.3 Å². The number of aryl methyl sites for hydroxylation is 2. The molecule has 3 aromatic rings. The van der Waals surface area contributed by atoms with Gasteiger partial charge in [0.25, 0.3) is 5.91 Å². The van der Waals surface area contributed by atoms with Crippen LogP contribution in [-0.4, -0.2) is 17.0 Å². The van der Waals surface area contributed by atoms with Gasteiger partial charge in [0.1, 0.15) is 0 Å². The first-order valence-electron chi connectivity index (χ1n) is 8.98. The lowest BCUT2D eigenvalue weighted by Crippen LogP contribution is -2.48. The van der Waals surface area contributed by atoms with Gasteiger partial charge in [-0.3, -0.25) is 10.2 Å². The zero-order chi connectivity index (χ0) is 19.5. The van der Waals surface area contributed by atoms with E-state index in [4.69, 9.17) is 0 Å². The molecule has 0 unspecified atom stereocenters. The molecule has 0 aromatic heterocycles. The van der Waals surface area contributed by atoms with Crippen molar-refractivity contribution in [2.75, 3.05) is 10.5 Å². The normalized spacial score (nSPS) is 12.4. The van der Waals surface area contributed by atoms with Gasteiger partial charge in [0, 0.05) is 5.56 Å². The molecule has 140 valence electrons. The Morgan fingerprint density at radius 2 is 1.71 bits per heavy atom. The van der Waals surface area contributed by atoms with Crippen molar-refractivity contribution in [2.24, 2.45) is 0 Å². The third-order valence-electron chi connectivity index (χ3n) is 4.67. The largest absolute Gasteiger partial charge is 0.478 e. The van der Waals surface area contributed by atoms with Crippen molar-refractivity contribution in [3.05, 3.63) is 95.1 Å². The summed E-state index contributed by atoms with van der Waals surface area (Å²) in [4.78, 5) is 23.7. The highest BCUT2D eigenvalue weighted by Gasteiger charge is 2.21. The fourth-order valence-corrected chi connectivity index (χ4v) is 3.19. The summed E-state index contributed by atoms with van der Waals surface area (Å²) in [6.45, 7) is 0. The van der Waals surface area contributed by atoms with Crippen LogP contribution in [0.2, 0.25) is 0 Å². The third kappa shape index (κ3) is 3.66. The monoisotopic (exact) mass is 373 g/mol. The van der Waals surface area contributed by atoms with Crippen LogP contribution in [0.4, 0.5) is 11.4 Å². The summed E-state index contributed by atoms with van der Waals surface area (Å²) in [6, 6.07) is 22.4. The molecule has 1 aliphatic heterocycles. The fraction of sp³-hybridized carbons (Fsp3) is 0.0909. The lowest BCUT2D eigenvalue weighted by Gasteiger charge is -2.30. The number of carboxylic acid groups (broad SMARTS) is 1. The highest BCUT2D eigenvalue weighted by molar-refractivity contribution is 5.99. The van der Waals surface area contributed by atoms with Crippen LogP contribution in [0, 0.1) is 0 Å². The second-order valence-corrected chi connectivity index (χ2v) is 6.61. The van der Waals surface area contributed by atoms with Crippen molar-refractivity contribution in [2.45, 2.75) is 12.8 Å². The number of carbonyl (C=O) groups is 2. The number of hydrogen-bond donors (Lipinski definition) is 3. The van der Waals surface area contributed by atoms with E-state index in [9.17, 15) is 14.7 Å². The van der Waals surface area contributed by atoms with E-state index in [1.54, 1.807) is 24.3 Å². The van der Waals surface area contributed by atoms with Crippen LogP contribution >= 0.6 is 0 Å². The first-order valence-corrected chi connectivity index (χ1v) is 8.98. The van der Waals surface area contributed by atoms with E-state index >= 15 is 0 Å². The van der Waals surface area contributed by atoms with Gasteiger partial charge in [0.15, 0.2) is 0 Å². The fourth-order valence-electron chi connectivity index (χ4n) is 3.19. The average Bonchev–Trinajstić information content (AvgIpc) is 2.71. The maximum atomic E-state index is 12.1. The molecule has 1 aliphatic rings. The minimum atomic E-state index is -1.03. The molecule has 3 aromatic carbocycles. The Balaban J connectivity index is 1.58. The summed E-state index contributed by atoms with van der Waals surface area (Å²) in [5, 5.41) is 11.0. The summed E-state index contributed by atoms with van der Waals surface area (Å²) < 4.78 is 0. The summed E-state index contributed by atoms with van der Waals surface area (Å²) in [5.74, 6) is -1.29. The van der Waals surface area contributed by atoms with Crippen molar-refractivity contribution in [1.29, 1.82) is 0 Å². The highest BCUT2D eigenvalue weighted by atomic mass is 16.4. The number of hydrogen-bond acceptors (Lipinski definition) is 4. The topological polar surface area (TPSA) is 81.7 Å². The number of aromatic carboxylic acids is 1. The van der Waals surface area contributed by atoms with E-state index < -0.39 is 5.97 Å². The lowest BCUT2D eigenvalue weighted by molar-refractivity contribution is 0.0697. The van der Waals surface area contributed by atoms with Gasteiger partial charge < -0.3 is 5.11 Å². The number of benzene rings is 3. The Labute approximate surface area is 162 Å². The number of carboxylic acids is 1. The Hall–Kier alpha value is -3.80. The minimum Gasteiger partial charge on any atom is -0.478 e. The van der Waals surface area contributed by atoms with Crippen LogP contribution in [0.3, 0.4) is 0 Å². The van der Waals surface area contributed by atoms with Crippen LogP contribution in [0.25, 0.3) is 0 Å². The molecular weight excluding hydrogens is 354 g/mol. The summed E-state index contributed by atoms with van der Waals surface area (Å²) in [5.41, 5.74) is 9.82. The smallest absolute Gasteiger partial charge is 0.337 e. The van der Waals surface area contributed by atoms with Gasteiger partial charge in [-0.2, -0.15) is 5.12 Å². The van der Waals surface area contributed by atoms with Gasteiger partial charge in [-0.15, -0.1) is 0 Å². The molecule has 0 spiro atoms. The van der Waals surface area contributed by atoms with Crippen molar-refractivity contribution < 1.29 is 14.7 Å². The Morgan fingerprint density at radius 3 is 2.50 bits per heavy atom. The number of nitrogens with one attached hydrogen (secondary N) is 2. The number of nitrogens with zero attached hydrogens (tertiary/aromatic N) is 1. The zero-order valence-corrected chi connectivity index (χ0v) is 15.1. The van der Waals surface area contributed by atoms with Gasteiger partial charge in [-0.25, -0.2) is 10.2 Å². The quantitative estimate of drug-likeness (QED) is 0.614. The van der Waals surface area contributed by atoms with Crippen molar-refractivity contribution in [3.63, 3.8) is 0 Å². The predicted octanol–water partition coefficient (Wildman–Crippen LogP) is 3.66. The maximum Gasteiger partial charge on any atom is 0.337 e. The van der Waals surface area contributed by atoms with Gasteiger partial charge in [-0.05, 0) is 54.3 Å². The van der Waals surface area contributed by atoms with Crippen LogP contribution in [0.5, 0.6) is 0 Å². The first kappa shape index (κ1) is 17.6. The molecular formula is C22H19N3O3. The number of fused-ring (bicyclic) bond motifs is 2. The number of carbonyl (C=O) groups excluding carboxylic acids is 1. The van der Waals surface area contributed by atoms with E-state index in [0.717, 1.165) is 24.1 Å². The predicted molar refractivity (Wildman–Crippen MR) is 107 cm³/mol. The molecule has 2 bridgehead atoms. The molecule has 0 atom stereocenters. The van der Waals surface area contributed by atoms with Crippen LogP contribution in [0.1, 0.15) is 31.8 Å². The van der Waals surface area contributed by atoms with Crippen LogP contribution < -0.4 is 16.0 Å². The molecule has 0 saturated heterocycles. The first-order chi connectivity index (χ1) is 13.6.